The number of hydrogen-bond donors (Lipinski definition) is 0. The third-order valence-corrected chi connectivity index (χ3v) is 1.52. The second kappa shape index (κ2) is 3.28. The quantitative estimate of drug-likeness (QED) is 0.602. The standard InChI is InChI=1S/C9H11NO/c1-3-9(11)8-5-4-7(2)6-10-8/h4-6H,3H2,1-2H3. The van der Waals surface area contributed by atoms with E-state index in [0.29, 0.717) is 12.1 Å². The fraction of sp³-hybridized carbons (Fsp3) is 0.333. The normalized spacial score (nSPS) is 9.64. The summed E-state index contributed by atoms with van der Waals surface area (Å²) < 4.78 is 0. The van der Waals surface area contributed by atoms with E-state index in [-0.39, 0.29) is 5.78 Å². The molecule has 1 aromatic heterocycles. The van der Waals surface area contributed by atoms with Crippen LogP contribution in [0.15, 0.2) is 18.3 Å². The number of hydrogen-bond acceptors (Lipinski definition) is 2. The molecule has 0 fully saturated rings. The SMILES string of the molecule is CCC(=O)c1ccc(C)cn1. The van der Waals surface area contributed by atoms with Gasteiger partial charge >= 0.3 is 0 Å². The molecule has 0 aliphatic carbocycles. The maximum absolute atomic E-state index is 11.1. The van der Waals surface area contributed by atoms with E-state index in [1.54, 1.807) is 12.3 Å². The van der Waals surface area contributed by atoms with E-state index in [2.05, 4.69) is 4.98 Å². The number of carbonyl (C=O) groups is 1. The predicted octanol–water partition coefficient (Wildman–Crippen LogP) is 1.98. The van der Waals surface area contributed by atoms with Gasteiger partial charge in [0.2, 0.25) is 0 Å². The van der Waals surface area contributed by atoms with Crippen LogP contribution in [0.2, 0.25) is 0 Å². The highest BCUT2D eigenvalue weighted by Crippen LogP contribution is 2.00. The molecule has 11 heavy (non-hydrogen) atoms. The topological polar surface area (TPSA) is 30.0 Å². The number of ketones is 1. The average molecular weight is 149 g/mol. The lowest BCUT2D eigenvalue weighted by Crippen LogP contribution is -1.99. The molecular formula is C9H11NO. The van der Waals surface area contributed by atoms with Gasteiger partial charge in [-0.2, -0.15) is 0 Å². The molecule has 2 nitrogen and oxygen atoms in total. The summed E-state index contributed by atoms with van der Waals surface area (Å²) in [5.74, 6) is 0.102. The summed E-state index contributed by atoms with van der Waals surface area (Å²) >= 11 is 0. The van der Waals surface area contributed by atoms with Crippen molar-refractivity contribution in [2.45, 2.75) is 20.3 Å². The summed E-state index contributed by atoms with van der Waals surface area (Å²) in [6.45, 7) is 3.79. The van der Waals surface area contributed by atoms with Crippen molar-refractivity contribution in [2.75, 3.05) is 0 Å². The Balaban J connectivity index is 2.90. The number of aryl methyl sites for hydroxylation is 1. The number of pyridine rings is 1. The first-order valence-electron chi connectivity index (χ1n) is 3.70. The Labute approximate surface area is 66.3 Å². The molecule has 0 aliphatic heterocycles. The minimum absolute atomic E-state index is 0.102. The van der Waals surface area contributed by atoms with Crippen LogP contribution in [0, 0.1) is 6.92 Å². The van der Waals surface area contributed by atoms with Gasteiger partial charge in [-0.05, 0) is 18.6 Å². The van der Waals surface area contributed by atoms with Crippen molar-refractivity contribution >= 4 is 5.78 Å². The Kier molecular flexibility index (Phi) is 2.36. The molecule has 0 spiro atoms. The van der Waals surface area contributed by atoms with Crippen molar-refractivity contribution in [1.82, 2.24) is 4.98 Å². The average Bonchev–Trinajstić information content (AvgIpc) is 2.05. The largest absolute Gasteiger partial charge is 0.292 e. The van der Waals surface area contributed by atoms with Gasteiger partial charge in [0.15, 0.2) is 5.78 Å². The van der Waals surface area contributed by atoms with Gasteiger partial charge in [-0.15, -0.1) is 0 Å². The smallest absolute Gasteiger partial charge is 0.180 e. The van der Waals surface area contributed by atoms with Gasteiger partial charge in [0.05, 0.1) is 0 Å². The molecule has 0 unspecified atom stereocenters. The number of rotatable bonds is 2. The molecule has 0 saturated heterocycles. The van der Waals surface area contributed by atoms with E-state index in [1.165, 1.54) is 0 Å². The lowest BCUT2D eigenvalue weighted by molar-refractivity contribution is 0.0983. The van der Waals surface area contributed by atoms with Crippen molar-refractivity contribution in [3.63, 3.8) is 0 Å². The fourth-order valence-corrected chi connectivity index (χ4v) is 0.814. The van der Waals surface area contributed by atoms with Crippen LogP contribution in [-0.2, 0) is 0 Å². The van der Waals surface area contributed by atoms with Crippen LogP contribution in [0.1, 0.15) is 29.4 Å². The molecule has 1 heterocycles. The zero-order valence-corrected chi connectivity index (χ0v) is 6.79. The van der Waals surface area contributed by atoms with E-state index in [4.69, 9.17) is 0 Å². The van der Waals surface area contributed by atoms with Gasteiger partial charge in [0.25, 0.3) is 0 Å². The van der Waals surface area contributed by atoms with Crippen LogP contribution < -0.4 is 0 Å². The monoisotopic (exact) mass is 149 g/mol. The maximum Gasteiger partial charge on any atom is 0.180 e. The zero-order valence-electron chi connectivity index (χ0n) is 6.79. The summed E-state index contributed by atoms with van der Waals surface area (Å²) in [4.78, 5) is 15.1. The Morgan fingerprint density at radius 1 is 1.55 bits per heavy atom. The lowest BCUT2D eigenvalue weighted by Gasteiger charge is -1.95. The fourth-order valence-electron chi connectivity index (χ4n) is 0.814. The maximum atomic E-state index is 11.1. The van der Waals surface area contributed by atoms with Crippen LogP contribution in [-0.4, -0.2) is 10.8 Å². The van der Waals surface area contributed by atoms with E-state index >= 15 is 0 Å². The molecule has 58 valence electrons. The van der Waals surface area contributed by atoms with E-state index in [9.17, 15) is 4.79 Å². The van der Waals surface area contributed by atoms with Gasteiger partial charge in [0, 0.05) is 12.6 Å². The van der Waals surface area contributed by atoms with Crippen LogP contribution in [0.5, 0.6) is 0 Å². The minimum atomic E-state index is 0.102. The second-order valence-corrected chi connectivity index (χ2v) is 2.50. The van der Waals surface area contributed by atoms with Crippen molar-refractivity contribution < 1.29 is 4.79 Å². The highest BCUT2D eigenvalue weighted by atomic mass is 16.1. The second-order valence-electron chi connectivity index (χ2n) is 2.50. The summed E-state index contributed by atoms with van der Waals surface area (Å²) in [6.07, 6.45) is 2.24. The predicted molar refractivity (Wildman–Crippen MR) is 43.6 cm³/mol. The molecule has 0 amide bonds. The van der Waals surface area contributed by atoms with Gasteiger partial charge in [-0.25, -0.2) is 0 Å². The van der Waals surface area contributed by atoms with Crippen molar-refractivity contribution in [3.05, 3.63) is 29.6 Å². The van der Waals surface area contributed by atoms with Crippen LogP contribution in [0.4, 0.5) is 0 Å². The number of carbonyl (C=O) groups excluding carboxylic acids is 1. The Morgan fingerprint density at radius 3 is 2.73 bits per heavy atom. The van der Waals surface area contributed by atoms with Gasteiger partial charge in [-0.3, -0.25) is 9.78 Å². The molecule has 0 saturated carbocycles. The molecule has 1 rings (SSSR count). The Morgan fingerprint density at radius 2 is 2.27 bits per heavy atom. The molecule has 0 radical (unpaired) electrons. The molecule has 0 atom stereocenters. The van der Waals surface area contributed by atoms with Crippen molar-refractivity contribution in [1.29, 1.82) is 0 Å². The lowest BCUT2D eigenvalue weighted by atomic mass is 10.2. The highest BCUT2D eigenvalue weighted by Gasteiger charge is 2.01. The van der Waals surface area contributed by atoms with E-state index in [0.717, 1.165) is 5.56 Å². The number of nitrogens with zero attached hydrogens (tertiary/aromatic N) is 1. The van der Waals surface area contributed by atoms with Crippen LogP contribution >= 0.6 is 0 Å². The van der Waals surface area contributed by atoms with Crippen molar-refractivity contribution in [2.24, 2.45) is 0 Å². The van der Waals surface area contributed by atoms with Crippen LogP contribution in [0.25, 0.3) is 0 Å². The first-order valence-corrected chi connectivity index (χ1v) is 3.70. The molecule has 2 heteroatoms. The molecule has 0 aromatic carbocycles. The van der Waals surface area contributed by atoms with Crippen LogP contribution in [0.3, 0.4) is 0 Å². The summed E-state index contributed by atoms with van der Waals surface area (Å²) in [5.41, 5.74) is 1.65. The Hall–Kier alpha value is -1.18. The summed E-state index contributed by atoms with van der Waals surface area (Å²) in [6, 6.07) is 3.66. The summed E-state index contributed by atoms with van der Waals surface area (Å²) in [5, 5.41) is 0. The number of Topliss-reactive ketones (excluding diaryl/α,β-unsaturated/α-hetero) is 1. The molecule has 1 aromatic rings. The van der Waals surface area contributed by atoms with Gasteiger partial charge < -0.3 is 0 Å². The van der Waals surface area contributed by atoms with Gasteiger partial charge in [0.1, 0.15) is 5.69 Å². The Bertz CT molecular complexity index is 251. The zero-order chi connectivity index (χ0) is 8.27. The van der Waals surface area contributed by atoms with Crippen molar-refractivity contribution in [3.8, 4) is 0 Å². The third kappa shape index (κ3) is 1.87. The summed E-state index contributed by atoms with van der Waals surface area (Å²) in [7, 11) is 0. The van der Waals surface area contributed by atoms with Gasteiger partial charge in [-0.1, -0.05) is 13.0 Å². The number of aromatic nitrogens is 1. The first kappa shape index (κ1) is 7.92. The molecule has 0 aliphatic rings. The van der Waals surface area contributed by atoms with E-state index in [1.807, 2.05) is 19.9 Å². The molecular weight excluding hydrogens is 138 g/mol. The molecule has 0 N–H and O–H groups in total. The first-order chi connectivity index (χ1) is 5.24. The third-order valence-electron chi connectivity index (χ3n) is 1.52. The minimum Gasteiger partial charge on any atom is -0.292 e. The van der Waals surface area contributed by atoms with E-state index < -0.39 is 0 Å². The molecule has 0 bridgehead atoms. The highest BCUT2D eigenvalue weighted by molar-refractivity contribution is 5.93.